The Bertz CT molecular complexity index is 1710. The zero-order valence-electron chi connectivity index (χ0n) is 21.0. The Morgan fingerprint density at radius 3 is 2.11 bits per heavy atom. The first kappa shape index (κ1) is 22.8. The van der Waals surface area contributed by atoms with Crippen LogP contribution in [0.3, 0.4) is 0 Å². The lowest BCUT2D eigenvalue weighted by molar-refractivity contribution is 0.538. The summed E-state index contributed by atoms with van der Waals surface area (Å²) in [7, 11) is 0. The Hall–Kier alpha value is -4.64. The average Bonchev–Trinajstić information content (AvgIpc) is 3.33. The van der Waals surface area contributed by atoms with E-state index in [1.807, 2.05) is 31.2 Å². The quantitative estimate of drug-likeness (QED) is 0.242. The van der Waals surface area contributed by atoms with Gasteiger partial charge in [0.25, 0.3) is 0 Å². The molecule has 5 nitrogen and oxygen atoms in total. The molecular formula is C32H28N4O. The van der Waals surface area contributed by atoms with Gasteiger partial charge in [-0.2, -0.15) is 0 Å². The summed E-state index contributed by atoms with van der Waals surface area (Å²) < 4.78 is 8.72. The third-order valence-electron chi connectivity index (χ3n) is 6.53. The second-order valence-corrected chi connectivity index (χ2v) is 8.84. The molecule has 0 amide bonds. The van der Waals surface area contributed by atoms with Crippen molar-refractivity contribution in [2.24, 2.45) is 4.99 Å². The van der Waals surface area contributed by atoms with Crippen LogP contribution in [-0.2, 0) is 6.54 Å². The van der Waals surface area contributed by atoms with Crippen LogP contribution in [-0.4, -0.2) is 16.1 Å². The van der Waals surface area contributed by atoms with Crippen LogP contribution >= 0.6 is 0 Å². The molecule has 5 heteroatoms. The van der Waals surface area contributed by atoms with Gasteiger partial charge < -0.3 is 13.9 Å². The zero-order valence-corrected chi connectivity index (χ0v) is 21.0. The number of aryl methyl sites for hydroxylation is 1. The highest BCUT2D eigenvalue weighted by Gasteiger charge is 2.17. The van der Waals surface area contributed by atoms with E-state index in [0.29, 0.717) is 12.1 Å². The van der Waals surface area contributed by atoms with E-state index >= 15 is 0 Å². The Kier molecular flexibility index (Phi) is 6.03. The van der Waals surface area contributed by atoms with Gasteiger partial charge in [0.05, 0.1) is 16.6 Å². The molecule has 0 spiro atoms. The number of fused-ring (bicyclic) bond motifs is 2. The van der Waals surface area contributed by atoms with Gasteiger partial charge >= 0.3 is 0 Å². The van der Waals surface area contributed by atoms with Crippen LogP contribution in [0.2, 0.25) is 0 Å². The van der Waals surface area contributed by atoms with Gasteiger partial charge in [0.15, 0.2) is 0 Å². The maximum atomic E-state index is 6.50. The molecule has 0 saturated heterocycles. The fourth-order valence-electron chi connectivity index (χ4n) is 4.87. The monoisotopic (exact) mass is 484 g/mol. The van der Waals surface area contributed by atoms with Gasteiger partial charge in [-0.3, -0.25) is 4.99 Å². The summed E-state index contributed by atoms with van der Waals surface area (Å²) in [6.45, 7) is 5.59. The first-order chi connectivity index (χ1) is 18.3. The summed E-state index contributed by atoms with van der Waals surface area (Å²) in [6.07, 6.45) is 0. The molecule has 0 aliphatic rings. The van der Waals surface area contributed by atoms with E-state index in [1.165, 1.54) is 0 Å². The fourth-order valence-corrected chi connectivity index (χ4v) is 4.87. The standard InChI is InChI=1S/C32H28N4O/c1-3-33-32-27(31-34-28-17-11-12-18-29(28)35(31)4-2)21-23-19-20-26(22-30(23)37-32)36(24-13-7-5-8-14-24)25-15-9-6-10-16-25/h5-22H,3-4H2,1-2H3. The maximum Gasteiger partial charge on any atom is 0.225 e. The molecule has 0 aliphatic carbocycles. The predicted molar refractivity (Wildman–Crippen MR) is 151 cm³/mol. The van der Waals surface area contributed by atoms with Gasteiger partial charge in [-0.05, 0) is 68.4 Å². The highest BCUT2D eigenvalue weighted by molar-refractivity contribution is 5.88. The molecule has 6 rings (SSSR count). The second kappa shape index (κ2) is 9.78. The number of anilines is 3. The molecule has 4 aromatic carbocycles. The van der Waals surface area contributed by atoms with E-state index in [4.69, 9.17) is 14.4 Å². The zero-order chi connectivity index (χ0) is 25.2. The Morgan fingerprint density at radius 2 is 1.43 bits per heavy atom. The number of nitrogens with zero attached hydrogens (tertiary/aromatic N) is 4. The van der Waals surface area contributed by atoms with E-state index in [2.05, 4.69) is 101 Å². The first-order valence-electron chi connectivity index (χ1n) is 12.7. The Morgan fingerprint density at radius 1 is 0.757 bits per heavy atom. The second-order valence-electron chi connectivity index (χ2n) is 8.84. The van der Waals surface area contributed by atoms with Crippen LogP contribution in [0.4, 0.5) is 17.1 Å². The fraction of sp³-hybridized carbons (Fsp3) is 0.125. The van der Waals surface area contributed by atoms with Crippen LogP contribution in [0.15, 0.2) is 119 Å². The minimum Gasteiger partial charge on any atom is -0.438 e. The molecule has 0 atom stereocenters. The van der Waals surface area contributed by atoms with Gasteiger partial charge in [0, 0.05) is 41.6 Å². The smallest absolute Gasteiger partial charge is 0.225 e. The van der Waals surface area contributed by atoms with E-state index in [-0.39, 0.29) is 0 Å². The minimum absolute atomic E-state index is 0.600. The lowest BCUT2D eigenvalue weighted by Crippen LogP contribution is -2.12. The Balaban J connectivity index is 1.54. The van der Waals surface area contributed by atoms with Crippen molar-refractivity contribution in [3.05, 3.63) is 115 Å². The Labute approximate surface area is 216 Å². The van der Waals surface area contributed by atoms with Crippen LogP contribution in [0, 0.1) is 0 Å². The normalized spacial score (nSPS) is 11.9. The lowest BCUT2D eigenvalue weighted by Gasteiger charge is -2.25. The summed E-state index contributed by atoms with van der Waals surface area (Å²) >= 11 is 0. The number of rotatable bonds is 6. The number of benzene rings is 4. The number of aromatic nitrogens is 2. The van der Waals surface area contributed by atoms with Gasteiger partial charge in [-0.1, -0.05) is 48.5 Å². The van der Waals surface area contributed by atoms with Crippen molar-refractivity contribution in [1.29, 1.82) is 0 Å². The molecule has 0 N–H and O–H groups in total. The summed E-state index contributed by atoms with van der Waals surface area (Å²) in [6, 6.07) is 37.5. The first-order valence-corrected chi connectivity index (χ1v) is 12.7. The largest absolute Gasteiger partial charge is 0.438 e. The molecule has 37 heavy (non-hydrogen) atoms. The van der Waals surface area contributed by atoms with Crippen molar-refractivity contribution in [2.45, 2.75) is 20.4 Å². The summed E-state index contributed by atoms with van der Waals surface area (Å²) in [5.74, 6) is 0.876. The topological polar surface area (TPSA) is 46.6 Å². The minimum atomic E-state index is 0.600. The van der Waals surface area contributed by atoms with E-state index in [1.54, 1.807) is 0 Å². The molecule has 2 heterocycles. The molecule has 0 unspecified atom stereocenters. The summed E-state index contributed by atoms with van der Waals surface area (Å²) in [5.41, 5.74) is 7.55. The van der Waals surface area contributed by atoms with Crippen LogP contribution in [0.25, 0.3) is 33.4 Å². The van der Waals surface area contributed by atoms with Gasteiger partial charge in [0.1, 0.15) is 11.4 Å². The molecule has 0 saturated carbocycles. The van der Waals surface area contributed by atoms with Gasteiger partial charge in [-0.15, -0.1) is 0 Å². The van der Waals surface area contributed by atoms with Gasteiger partial charge in [-0.25, -0.2) is 4.98 Å². The number of imidazole rings is 1. The molecule has 0 fully saturated rings. The van der Waals surface area contributed by atoms with Crippen molar-refractivity contribution in [3.63, 3.8) is 0 Å². The van der Waals surface area contributed by atoms with E-state index in [0.717, 1.165) is 57.0 Å². The molecular weight excluding hydrogens is 456 g/mol. The molecule has 6 aromatic rings. The van der Waals surface area contributed by atoms with Gasteiger partial charge in [0.2, 0.25) is 5.55 Å². The maximum absolute atomic E-state index is 6.50. The molecule has 182 valence electrons. The molecule has 2 aromatic heterocycles. The van der Waals surface area contributed by atoms with Crippen LogP contribution < -0.4 is 10.5 Å². The van der Waals surface area contributed by atoms with Crippen molar-refractivity contribution in [2.75, 3.05) is 11.4 Å². The van der Waals surface area contributed by atoms with Crippen LogP contribution in [0.1, 0.15) is 13.8 Å². The molecule has 0 radical (unpaired) electrons. The average molecular weight is 485 g/mol. The number of hydrogen-bond acceptors (Lipinski definition) is 4. The third-order valence-corrected chi connectivity index (χ3v) is 6.53. The highest BCUT2D eigenvalue weighted by atomic mass is 16.3. The number of para-hydroxylation sites is 4. The van der Waals surface area contributed by atoms with E-state index < -0.39 is 0 Å². The number of hydrogen-bond donors (Lipinski definition) is 0. The van der Waals surface area contributed by atoms with Crippen molar-refractivity contribution >= 4 is 39.1 Å². The molecule has 0 aliphatic heterocycles. The van der Waals surface area contributed by atoms with E-state index in [9.17, 15) is 0 Å². The lowest BCUT2D eigenvalue weighted by atomic mass is 10.1. The molecule has 0 bridgehead atoms. The van der Waals surface area contributed by atoms with Crippen molar-refractivity contribution in [3.8, 4) is 11.4 Å². The van der Waals surface area contributed by atoms with Crippen molar-refractivity contribution < 1.29 is 4.42 Å². The summed E-state index contributed by atoms with van der Waals surface area (Å²) in [5, 5.41) is 1.00. The third kappa shape index (κ3) is 4.19. The van der Waals surface area contributed by atoms with Crippen LogP contribution in [0.5, 0.6) is 0 Å². The highest BCUT2D eigenvalue weighted by Crippen LogP contribution is 2.36. The van der Waals surface area contributed by atoms with Crippen molar-refractivity contribution in [1.82, 2.24) is 9.55 Å². The summed E-state index contributed by atoms with van der Waals surface area (Å²) in [4.78, 5) is 11.9. The SMILES string of the molecule is CCN=c1oc2cc(N(c3ccccc3)c3ccccc3)ccc2cc1-c1nc2ccccc2n1CC. The predicted octanol–water partition coefficient (Wildman–Crippen LogP) is 7.86.